The molecule has 1 saturated heterocycles. The second kappa shape index (κ2) is 44.2. The van der Waals surface area contributed by atoms with E-state index in [0.29, 0.717) is 114 Å². The third-order valence-corrected chi connectivity index (χ3v) is 24.5. The second-order valence-corrected chi connectivity index (χ2v) is 32.8. The summed E-state index contributed by atoms with van der Waals surface area (Å²) in [7, 11) is 0. The van der Waals surface area contributed by atoms with Crippen LogP contribution in [-0.4, -0.2) is 237 Å². The number of aliphatic hydroxyl groups is 5. The molecule has 34 nitrogen and oxygen atoms in total. The predicted octanol–water partition coefficient (Wildman–Crippen LogP) is 0.846. The summed E-state index contributed by atoms with van der Waals surface area (Å²) in [6, 6.07) is 4.68. The number of phenols is 1. The number of urea groups is 1. The molecule has 2 aromatic rings. The van der Waals surface area contributed by atoms with Gasteiger partial charge < -0.3 is 118 Å². The average molecular weight is 1620 g/mol. The third kappa shape index (κ3) is 24.5. The molecule has 6 aliphatic rings. The van der Waals surface area contributed by atoms with E-state index in [4.69, 9.17) is 45.7 Å². The quantitative estimate of drug-likeness (QED) is 0.0189. The first-order valence-corrected chi connectivity index (χ1v) is 41.1. The minimum atomic E-state index is -1.62. The van der Waals surface area contributed by atoms with Crippen LogP contribution in [0.1, 0.15) is 186 Å². The van der Waals surface area contributed by atoms with Gasteiger partial charge in [0.1, 0.15) is 67.0 Å². The Morgan fingerprint density at radius 3 is 1.77 bits per heavy atom. The zero-order valence-electron chi connectivity index (χ0n) is 67.8. The molecule has 34 heteroatoms. The Bertz CT molecular complexity index is 3630. The van der Waals surface area contributed by atoms with E-state index < -0.39 is 144 Å². The smallest absolute Gasteiger partial charge is 0.312 e. The summed E-state index contributed by atoms with van der Waals surface area (Å²) < 4.78 is 33.7. The van der Waals surface area contributed by atoms with Gasteiger partial charge in [-0.05, 0) is 178 Å². The lowest BCUT2D eigenvalue weighted by atomic mass is 9.49. The number of aryl methyl sites for hydroxylation is 2. The highest BCUT2D eigenvalue weighted by molar-refractivity contribution is 6.01. The lowest BCUT2D eigenvalue weighted by molar-refractivity contribution is -0.234. The number of aromatic hydroxyl groups is 1. The molecule has 1 unspecified atom stereocenters. The summed E-state index contributed by atoms with van der Waals surface area (Å²) in [5.74, 6) is 0.465. The van der Waals surface area contributed by atoms with Gasteiger partial charge in [-0.15, -0.1) is 0 Å². The van der Waals surface area contributed by atoms with Crippen molar-refractivity contribution in [1.29, 1.82) is 0 Å². The number of rotatable bonds is 43. The molecule has 16 atom stereocenters. The minimum absolute atomic E-state index is 0.0183. The van der Waals surface area contributed by atoms with Crippen molar-refractivity contribution in [2.24, 2.45) is 45.9 Å². The maximum absolute atomic E-state index is 15.0. The number of hydrogen-bond acceptors (Lipinski definition) is 25. The molecule has 644 valence electrons. The van der Waals surface area contributed by atoms with Crippen LogP contribution in [0.5, 0.6) is 5.75 Å². The van der Waals surface area contributed by atoms with E-state index in [0.717, 1.165) is 61.6 Å². The summed E-state index contributed by atoms with van der Waals surface area (Å²) in [5, 5.41) is 87.7. The van der Waals surface area contributed by atoms with Gasteiger partial charge in [-0.2, -0.15) is 0 Å². The van der Waals surface area contributed by atoms with Gasteiger partial charge >= 0.3 is 6.03 Å². The van der Waals surface area contributed by atoms with Crippen LogP contribution in [0, 0.1) is 28.6 Å². The Labute approximate surface area is 673 Å². The number of imide groups is 1. The summed E-state index contributed by atoms with van der Waals surface area (Å²) >= 11 is 0. The number of carbonyl (C=O) groups excluding carboxylic acids is 9. The fourth-order valence-electron chi connectivity index (χ4n) is 18.1. The van der Waals surface area contributed by atoms with Crippen LogP contribution in [-0.2, 0) is 90.4 Å². The van der Waals surface area contributed by atoms with Crippen LogP contribution in [0.25, 0.3) is 0 Å². The highest BCUT2D eigenvalue weighted by atomic mass is 16.6. The highest BCUT2D eigenvalue weighted by Crippen LogP contribution is 2.60. The van der Waals surface area contributed by atoms with Crippen molar-refractivity contribution in [3.8, 4) is 5.75 Å². The number of aliphatic hydroxyl groups excluding tert-OH is 5. The number of phenolic OH excluding ortho intramolecular Hbond substituents is 1. The van der Waals surface area contributed by atoms with Crippen molar-refractivity contribution in [1.82, 2.24) is 48.0 Å². The molecule has 1 aliphatic heterocycles. The van der Waals surface area contributed by atoms with Gasteiger partial charge in [-0.25, -0.2) is 4.79 Å². The van der Waals surface area contributed by atoms with Gasteiger partial charge in [0.05, 0.1) is 82.6 Å². The molecule has 8 rings (SSSR count). The van der Waals surface area contributed by atoms with Gasteiger partial charge in [-0.1, -0.05) is 79.4 Å². The normalized spacial score (nSPS) is 27.5. The standard InChI is InChI=1S/C81H129N13O21/c1-48(2)65(92-71(104)56(88-63(98)27-35-110-37-39-112-41-42-113-40-38-111-36-32-82)16-10-11-33-85-64(99)47-114-59-18-9-7-8-15-55(66(59)94-84)91-74-69(102)68(101)67(100)60(46-96)115-74)73(106)89-57(17-12-34-86-77(83)109)70(103)90-58(45-95)72(105)87-51-23-19-49-21-25-61-78(3,53(49)43-51)28-13-30-80(61,5)75(107)93-76(108)81(6)31-14-29-79(4)54-44-52(97)24-20-50(54)22-26-62(79)81/h19-20,23-24,43-44,48,56-62,65,67-69,74,91,94-97,100-102H,7-18,21-22,25-42,45-47,82,84H2,1-6H3,(H,85,99)(H,87,105)(H,88,98)(H,89,106)(H,90,103)(H,92,104)(H3,83,86,109)(H,93,107,108)/b66-55-/t56-,57+,58+,59?,60-,61-,62-,65+,67+,68+,69-,74-,78-,79-,80+,81+/m1/s1. The monoisotopic (exact) mass is 1620 g/mol. The number of carbonyl (C=O) groups is 9. The van der Waals surface area contributed by atoms with Gasteiger partial charge in [-0.3, -0.25) is 49.5 Å². The van der Waals surface area contributed by atoms with Crippen LogP contribution in [0.2, 0.25) is 0 Å². The molecule has 5 aliphatic carbocycles. The Morgan fingerprint density at radius 2 is 1.17 bits per heavy atom. The maximum Gasteiger partial charge on any atom is 0.312 e. The first kappa shape index (κ1) is 92.8. The van der Waals surface area contributed by atoms with E-state index >= 15 is 0 Å². The van der Waals surface area contributed by atoms with Crippen LogP contribution in [0.3, 0.4) is 0 Å². The van der Waals surface area contributed by atoms with Crippen molar-refractivity contribution < 1.29 is 102 Å². The van der Waals surface area contributed by atoms with E-state index in [-0.39, 0.29) is 99.8 Å². The van der Waals surface area contributed by atoms with Gasteiger partial charge in [0.15, 0.2) is 6.23 Å². The first-order chi connectivity index (χ1) is 55.0. The number of ether oxygens (including phenoxy) is 6. The number of amides is 10. The molecular formula is C81H129N13O21. The molecule has 1 heterocycles. The number of nitrogens with two attached hydrogens (primary N) is 3. The van der Waals surface area contributed by atoms with Crippen molar-refractivity contribution in [3.63, 3.8) is 0 Å². The molecule has 22 N–H and O–H groups in total. The number of allylic oxidation sites excluding steroid dienone is 1. The Morgan fingerprint density at radius 1 is 0.591 bits per heavy atom. The summed E-state index contributed by atoms with van der Waals surface area (Å²) in [4.78, 5) is 126. The predicted molar refractivity (Wildman–Crippen MR) is 423 cm³/mol. The number of benzene rings is 2. The zero-order valence-corrected chi connectivity index (χ0v) is 67.8. The topological polar surface area (TPSA) is 529 Å². The lowest BCUT2D eigenvalue weighted by Crippen LogP contribution is -2.62. The third-order valence-electron chi connectivity index (χ3n) is 24.5. The Kier molecular flexibility index (Phi) is 35.7. The summed E-state index contributed by atoms with van der Waals surface area (Å²) in [6.07, 6.45) is 2.70. The van der Waals surface area contributed by atoms with Crippen LogP contribution in [0.15, 0.2) is 47.8 Å². The fraction of sp³-hybridized carbons (Fsp3) is 0.716. The van der Waals surface area contributed by atoms with Crippen molar-refractivity contribution >= 4 is 59.0 Å². The second-order valence-electron chi connectivity index (χ2n) is 32.8. The van der Waals surface area contributed by atoms with E-state index in [1.165, 1.54) is 5.56 Å². The molecule has 10 amide bonds. The number of nitrogens with one attached hydrogen (secondary N) is 10. The summed E-state index contributed by atoms with van der Waals surface area (Å²) in [5.41, 5.74) is 16.2. The molecule has 115 heavy (non-hydrogen) atoms. The molecule has 0 bridgehead atoms. The van der Waals surface area contributed by atoms with Crippen molar-refractivity contribution in [2.45, 2.75) is 248 Å². The zero-order chi connectivity index (χ0) is 83.6. The molecule has 2 aromatic carbocycles. The molecule has 2 saturated carbocycles. The van der Waals surface area contributed by atoms with Crippen LogP contribution < -0.4 is 70.6 Å². The number of hydrogen-bond donors (Lipinski definition) is 19. The van der Waals surface area contributed by atoms with E-state index in [2.05, 4.69) is 67.1 Å². The Hall–Kier alpha value is -7.71. The largest absolute Gasteiger partial charge is 0.508 e. The average Bonchev–Trinajstić information content (AvgIpc) is 0.721. The van der Waals surface area contributed by atoms with Gasteiger partial charge in [0, 0.05) is 37.4 Å². The van der Waals surface area contributed by atoms with E-state index in [1.807, 2.05) is 38.1 Å². The number of unbranched alkanes of at least 4 members (excludes halogenated alkanes) is 1. The van der Waals surface area contributed by atoms with E-state index in [1.54, 1.807) is 26.0 Å². The van der Waals surface area contributed by atoms with Gasteiger partial charge in [0.2, 0.25) is 47.3 Å². The number of primary amides is 1. The maximum atomic E-state index is 15.0. The molecule has 0 radical (unpaired) electrons. The summed E-state index contributed by atoms with van der Waals surface area (Å²) in [6.45, 7) is 12.4. The van der Waals surface area contributed by atoms with Gasteiger partial charge in [0.25, 0.3) is 0 Å². The SMILES string of the molecule is CC(C)[C@H](NC(=O)[C@@H](CCCCNC(=O)COC1CCCCC/C(N[C@@H]2O[C@H](CO)[C@H](O)[C@H](O)[C@H]2O)=C\1NN)NC(=O)CCOCCOCCOCCOCCN)C(=O)N[C@@H](CCCNC(N)=O)C(=O)N[C@@H](CO)C(=O)Nc1ccc2c(c1)[C@@]1(C)CCC[C@](C)(C(=O)NC(=O)[C@@]3(C)CCC[C@]4(C)c5cc(O)ccc5CC[C@@H]34)[C@@H]1CC2. The van der Waals surface area contributed by atoms with Crippen LogP contribution >= 0.6 is 0 Å². The number of hydrazine groups is 1. The van der Waals surface area contributed by atoms with E-state index in [9.17, 15) is 73.8 Å². The number of fused-ring (bicyclic) bond motifs is 6. The molecule has 0 spiro atoms. The first-order valence-electron chi connectivity index (χ1n) is 41.1. The molecular weight excluding hydrogens is 1490 g/mol. The molecule has 3 fully saturated rings. The minimum Gasteiger partial charge on any atom is -0.508 e. The number of anilines is 1. The lowest BCUT2D eigenvalue weighted by Gasteiger charge is -2.56. The van der Waals surface area contributed by atoms with Crippen molar-refractivity contribution in [3.05, 3.63) is 70.0 Å². The fourth-order valence-corrected chi connectivity index (χ4v) is 18.1. The Balaban J connectivity index is 0.888. The highest BCUT2D eigenvalue weighted by Gasteiger charge is 2.59. The van der Waals surface area contributed by atoms with Crippen molar-refractivity contribution in [2.75, 3.05) is 97.6 Å². The van der Waals surface area contributed by atoms with Crippen LogP contribution in [0.4, 0.5) is 10.5 Å². The molecule has 0 aromatic heterocycles.